The van der Waals surface area contributed by atoms with E-state index in [4.69, 9.17) is 5.73 Å². The van der Waals surface area contributed by atoms with Gasteiger partial charge >= 0.3 is 0 Å². The summed E-state index contributed by atoms with van der Waals surface area (Å²) in [5, 5.41) is 4.46. The normalized spacial score (nSPS) is 18.8. The van der Waals surface area contributed by atoms with Crippen molar-refractivity contribution in [3.63, 3.8) is 0 Å². The number of nitrogens with two attached hydrogens (primary N) is 1. The van der Waals surface area contributed by atoms with Gasteiger partial charge in [-0.3, -0.25) is 4.68 Å². The summed E-state index contributed by atoms with van der Waals surface area (Å²) in [6.45, 7) is 4.22. The first-order valence-corrected chi connectivity index (χ1v) is 6.82. The van der Waals surface area contributed by atoms with E-state index in [1.807, 2.05) is 11.7 Å². The fraction of sp³-hybridized carbons (Fsp3) is 0.786. The second-order valence-electron chi connectivity index (χ2n) is 5.62. The average Bonchev–Trinajstić information content (AvgIpc) is 2.83. The smallest absolute Gasteiger partial charge is 0.0628 e. The lowest BCUT2D eigenvalue weighted by Gasteiger charge is -2.16. The molecule has 1 atom stereocenters. The Bertz CT molecular complexity index is 375. The highest BCUT2D eigenvalue weighted by Gasteiger charge is 2.20. The molecule has 1 aromatic heterocycles. The van der Waals surface area contributed by atoms with E-state index in [0.717, 1.165) is 18.0 Å². The van der Waals surface area contributed by atoms with Gasteiger partial charge < -0.3 is 5.73 Å². The van der Waals surface area contributed by atoms with E-state index in [-0.39, 0.29) is 0 Å². The second kappa shape index (κ2) is 5.21. The summed E-state index contributed by atoms with van der Waals surface area (Å²) in [5.74, 6) is 0.877. The third-order valence-corrected chi connectivity index (χ3v) is 4.24. The van der Waals surface area contributed by atoms with Crippen molar-refractivity contribution in [3.8, 4) is 0 Å². The molecule has 3 nitrogen and oxygen atoms in total. The lowest BCUT2D eigenvalue weighted by molar-refractivity contribution is 0.440. The van der Waals surface area contributed by atoms with Crippen LogP contribution in [0.25, 0.3) is 0 Å². The molecule has 17 heavy (non-hydrogen) atoms. The Kier molecular flexibility index (Phi) is 3.87. The summed E-state index contributed by atoms with van der Waals surface area (Å²) < 4.78 is 1.97. The van der Waals surface area contributed by atoms with Gasteiger partial charge in [0.25, 0.3) is 0 Å². The molecule has 1 aliphatic carbocycles. The van der Waals surface area contributed by atoms with Gasteiger partial charge in [0.15, 0.2) is 0 Å². The Balaban J connectivity index is 1.95. The Labute approximate surface area is 104 Å². The standard InChI is InChI=1S/C14H25N3/c1-10-14(11(2)17(3)16-10)9-13(15)8-12-6-4-5-7-12/h12-13H,4-9,15H2,1-3H3. The summed E-state index contributed by atoms with van der Waals surface area (Å²) in [5.41, 5.74) is 10.1. The van der Waals surface area contributed by atoms with E-state index in [0.29, 0.717) is 6.04 Å². The number of aromatic nitrogens is 2. The van der Waals surface area contributed by atoms with E-state index in [1.54, 1.807) is 0 Å². The summed E-state index contributed by atoms with van der Waals surface area (Å²) >= 11 is 0. The van der Waals surface area contributed by atoms with Crippen LogP contribution in [0.1, 0.15) is 49.1 Å². The maximum Gasteiger partial charge on any atom is 0.0628 e. The molecule has 1 aromatic rings. The number of hydrogen-bond acceptors (Lipinski definition) is 2. The van der Waals surface area contributed by atoms with Crippen molar-refractivity contribution >= 4 is 0 Å². The van der Waals surface area contributed by atoms with Gasteiger partial charge in [0, 0.05) is 18.8 Å². The highest BCUT2D eigenvalue weighted by molar-refractivity contribution is 5.25. The molecule has 1 saturated carbocycles. The Morgan fingerprint density at radius 1 is 1.35 bits per heavy atom. The number of aryl methyl sites for hydroxylation is 2. The van der Waals surface area contributed by atoms with E-state index in [2.05, 4.69) is 18.9 Å². The van der Waals surface area contributed by atoms with Crippen molar-refractivity contribution in [3.05, 3.63) is 17.0 Å². The minimum atomic E-state index is 0.305. The fourth-order valence-electron chi connectivity index (χ4n) is 3.13. The summed E-state index contributed by atoms with van der Waals surface area (Å²) in [6.07, 6.45) is 7.76. The summed E-state index contributed by atoms with van der Waals surface area (Å²) in [4.78, 5) is 0. The fourth-order valence-corrected chi connectivity index (χ4v) is 3.13. The molecule has 2 rings (SSSR count). The molecular formula is C14H25N3. The highest BCUT2D eigenvalue weighted by atomic mass is 15.3. The zero-order valence-electron chi connectivity index (χ0n) is 11.4. The molecule has 1 aliphatic rings. The molecule has 0 bridgehead atoms. The number of hydrogen-bond donors (Lipinski definition) is 1. The second-order valence-corrected chi connectivity index (χ2v) is 5.62. The van der Waals surface area contributed by atoms with Crippen LogP contribution in [0.4, 0.5) is 0 Å². The predicted octanol–water partition coefficient (Wildman–Crippen LogP) is 2.49. The Hall–Kier alpha value is -0.830. The predicted molar refractivity (Wildman–Crippen MR) is 70.9 cm³/mol. The largest absolute Gasteiger partial charge is 0.327 e. The van der Waals surface area contributed by atoms with Crippen LogP contribution in [0.3, 0.4) is 0 Å². The SMILES string of the molecule is Cc1nn(C)c(C)c1CC(N)CC1CCCC1. The minimum Gasteiger partial charge on any atom is -0.327 e. The number of nitrogens with zero attached hydrogens (tertiary/aromatic N) is 2. The maximum atomic E-state index is 6.30. The molecule has 0 spiro atoms. The van der Waals surface area contributed by atoms with Crippen molar-refractivity contribution in [1.82, 2.24) is 9.78 Å². The van der Waals surface area contributed by atoms with Gasteiger partial charge in [-0.1, -0.05) is 25.7 Å². The molecule has 1 heterocycles. The molecule has 0 aromatic carbocycles. The topological polar surface area (TPSA) is 43.8 Å². The van der Waals surface area contributed by atoms with E-state index in [9.17, 15) is 0 Å². The average molecular weight is 235 g/mol. The Morgan fingerprint density at radius 3 is 2.53 bits per heavy atom. The lowest BCUT2D eigenvalue weighted by Crippen LogP contribution is -2.26. The van der Waals surface area contributed by atoms with Crippen LogP contribution in [-0.4, -0.2) is 15.8 Å². The van der Waals surface area contributed by atoms with Gasteiger partial charge in [-0.05, 0) is 38.2 Å². The third-order valence-electron chi connectivity index (χ3n) is 4.24. The van der Waals surface area contributed by atoms with Crippen molar-refractivity contribution < 1.29 is 0 Å². The maximum absolute atomic E-state index is 6.30. The molecule has 0 aliphatic heterocycles. The summed E-state index contributed by atoms with van der Waals surface area (Å²) in [7, 11) is 2.01. The molecule has 2 N–H and O–H groups in total. The van der Waals surface area contributed by atoms with Gasteiger partial charge in [0.2, 0.25) is 0 Å². The minimum absolute atomic E-state index is 0.305. The van der Waals surface area contributed by atoms with Crippen molar-refractivity contribution in [2.45, 2.75) is 58.4 Å². The van der Waals surface area contributed by atoms with Gasteiger partial charge in [0.1, 0.15) is 0 Å². The van der Waals surface area contributed by atoms with Crippen LogP contribution >= 0.6 is 0 Å². The summed E-state index contributed by atoms with van der Waals surface area (Å²) in [6, 6.07) is 0.305. The molecule has 0 saturated heterocycles. The van der Waals surface area contributed by atoms with E-state index >= 15 is 0 Å². The van der Waals surface area contributed by atoms with E-state index in [1.165, 1.54) is 43.4 Å². The van der Waals surface area contributed by atoms with Gasteiger partial charge in [-0.15, -0.1) is 0 Å². The quantitative estimate of drug-likeness (QED) is 0.871. The number of rotatable bonds is 4. The van der Waals surface area contributed by atoms with Crippen LogP contribution in [0.5, 0.6) is 0 Å². The van der Waals surface area contributed by atoms with Gasteiger partial charge in [-0.2, -0.15) is 5.10 Å². The Morgan fingerprint density at radius 2 is 2.00 bits per heavy atom. The van der Waals surface area contributed by atoms with Crippen molar-refractivity contribution in [2.24, 2.45) is 18.7 Å². The van der Waals surface area contributed by atoms with Crippen LogP contribution in [-0.2, 0) is 13.5 Å². The van der Waals surface area contributed by atoms with Crippen molar-refractivity contribution in [1.29, 1.82) is 0 Å². The van der Waals surface area contributed by atoms with Crippen LogP contribution in [0.15, 0.2) is 0 Å². The lowest BCUT2D eigenvalue weighted by atomic mass is 9.94. The first kappa shape index (κ1) is 12.6. The molecule has 96 valence electrons. The molecule has 3 heteroatoms. The van der Waals surface area contributed by atoms with E-state index < -0.39 is 0 Å². The zero-order chi connectivity index (χ0) is 12.4. The highest BCUT2D eigenvalue weighted by Crippen LogP contribution is 2.29. The monoisotopic (exact) mass is 235 g/mol. The molecular weight excluding hydrogens is 210 g/mol. The van der Waals surface area contributed by atoms with Gasteiger partial charge in [0.05, 0.1) is 5.69 Å². The van der Waals surface area contributed by atoms with Crippen LogP contribution < -0.4 is 5.73 Å². The van der Waals surface area contributed by atoms with Crippen molar-refractivity contribution in [2.75, 3.05) is 0 Å². The van der Waals surface area contributed by atoms with Crippen LogP contribution in [0.2, 0.25) is 0 Å². The first-order valence-electron chi connectivity index (χ1n) is 6.82. The van der Waals surface area contributed by atoms with Crippen LogP contribution in [0, 0.1) is 19.8 Å². The molecule has 0 radical (unpaired) electrons. The third kappa shape index (κ3) is 2.89. The first-order chi connectivity index (χ1) is 8.08. The van der Waals surface area contributed by atoms with Gasteiger partial charge in [-0.25, -0.2) is 0 Å². The molecule has 1 fully saturated rings. The molecule has 0 amide bonds. The molecule has 1 unspecified atom stereocenters. The zero-order valence-corrected chi connectivity index (χ0v) is 11.4.